The first-order valence-corrected chi connectivity index (χ1v) is 10.3. The number of rotatable bonds is 8. The van der Waals surface area contributed by atoms with E-state index >= 15 is 0 Å². The van der Waals surface area contributed by atoms with Crippen molar-refractivity contribution >= 4 is 17.3 Å². The summed E-state index contributed by atoms with van der Waals surface area (Å²) in [5.74, 6) is -0.0649. The van der Waals surface area contributed by atoms with Crippen LogP contribution in [0.1, 0.15) is 21.5 Å². The SMILES string of the molecule is COc1cc(C(=O)Nc2ccc(N(C)C)cc2C(F)(F)F)cc(OC)c1OCc1ccccc1. The normalized spacial score (nSPS) is 11.0. The molecule has 1 N–H and O–H groups in total. The van der Waals surface area contributed by atoms with Crippen LogP contribution in [-0.4, -0.2) is 34.2 Å². The molecule has 0 radical (unpaired) electrons. The Morgan fingerprint density at radius 2 is 1.56 bits per heavy atom. The van der Waals surface area contributed by atoms with Crippen molar-refractivity contribution in [3.63, 3.8) is 0 Å². The number of halogens is 3. The van der Waals surface area contributed by atoms with Crippen molar-refractivity contribution in [1.29, 1.82) is 0 Å². The van der Waals surface area contributed by atoms with E-state index in [-0.39, 0.29) is 35.1 Å². The van der Waals surface area contributed by atoms with Gasteiger partial charge in [-0.05, 0) is 35.9 Å². The minimum absolute atomic E-state index is 0.0468. The summed E-state index contributed by atoms with van der Waals surface area (Å²) in [5, 5.41) is 2.35. The van der Waals surface area contributed by atoms with Crippen LogP contribution in [0.25, 0.3) is 0 Å². The number of hydrogen-bond donors (Lipinski definition) is 1. The number of nitrogens with one attached hydrogen (secondary N) is 1. The molecule has 9 heteroatoms. The van der Waals surface area contributed by atoms with Gasteiger partial charge in [0, 0.05) is 25.3 Å². The molecule has 34 heavy (non-hydrogen) atoms. The molecule has 0 bridgehead atoms. The molecule has 3 aromatic rings. The van der Waals surface area contributed by atoms with Crippen LogP contribution in [0, 0.1) is 0 Å². The molecule has 0 atom stereocenters. The molecule has 1 amide bonds. The molecule has 0 saturated heterocycles. The Morgan fingerprint density at radius 3 is 2.09 bits per heavy atom. The van der Waals surface area contributed by atoms with Crippen molar-refractivity contribution in [2.45, 2.75) is 12.8 Å². The van der Waals surface area contributed by atoms with Crippen LogP contribution >= 0.6 is 0 Å². The quantitative estimate of drug-likeness (QED) is 0.459. The fourth-order valence-electron chi connectivity index (χ4n) is 3.23. The predicted molar refractivity (Wildman–Crippen MR) is 124 cm³/mol. The van der Waals surface area contributed by atoms with Crippen LogP contribution in [-0.2, 0) is 12.8 Å². The molecule has 0 unspecified atom stereocenters. The third-order valence-electron chi connectivity index (χ3n) is 5.02. The second-order valence-corrected chi connectivity index (χ2v) is 7.56. The molecule has 0 aliphatic heterocycles. The lowest BCUT2D eigenvalue weighted by atomic mass is 10.1. The molecule has 0 aliphatic carbocycles. The number of methoxy groups -OCH3 is 2. The van der Waals surface area contributed by atoms with Gasteiger partial charge in [0.1, 0.15) is 6.61 Å². The van der Waals surface area contributed by atoms with E-state index in [1.54, 1.807) is 19.0 Å². The van der Waals surface area contributed by atoms with Gasteiger partial charge in [0.05, 0.1) is 25.5 Å². The van der Waals surface area contributed by atoms with Crippen molar-refractivity contribution in [1.82, 2.24) is 0 Å². The van der Waals surface area contributed by atoms with Gasteiger partial charge >= 0.3 is 6.18 Å². The maximum Gasteiger partial charge on any atom is 0.418 e. The first-order chi connectivity index (χ1) is 16.1. The maximum atomic E-state index is 13.6. The third-order valence-corrected chi connectivity index (χ3v) is 5.02. The van der Waals surface area contributed by atoms with E-state index in [0.29, 0.717) is 5.69 Å². The lowest BCUT2D eigenvalue weighted by molar-refractivity contribution is -0.136. The number of amides is 1. The van der Waals surface area contributed by atoms with Crippen LogP contribution in [0.2, 0.25) is 0 Å². The Balaban J connectivity index is 1.91. The van der Waals surface area contributed by atoms with E-state index in [1.165, 1.54) is 38.5 Å². The Kier molecular flexibility index (Phi) is 7.55. The number of ether oxygens (including phenoxy) is 3. The average molecular weight is 474 g/mol. The largest absolute Gasteiger partial charge is 0.493 e. The molecule has 0 saturated carbocycles. The highest BCUT2D eigenvalue weighted by Crippen LogP contribution is 2.40. The Labute approximate surface area is 195 Å². The smallest absolute Gasteiger partial charge is 0.418 e. The maximum absolute atomic E-state index is 13.6. The molecular formula is C25H25F3N2O4. The molecule has 180 valence electrons. The van der Waals surface area contributed by atoms with Gasteiger partial charge in [-0.1, -0.05) is 30.3 Å². The molecule has 3 aromatic carbocycles. The first-order valence-electron chi connectivity index (χ1n) is 10.3. The highest BCUT2D eigenvalue weighted by atomic mass is 19.4. The number of carbonyl (C=O) groups is 1. The van der Waals surface area contributed by atoms with E-state index < -0.39 is 17.6 Å². The van der Waals surface area contributed by atoms with Crippen molar-refractivity contribution in [3.8, 4) is 17.2 Å². The van der Waals surface area contributed by atoms with Crippen molar-refractivity contribution in [3.05, 3.63) is 77.4 Å². The second-order valence-electron chi connectivity index (χ2n) is 7.56. The number of benzene rings is 3. The van der Waals surface area contributed by atoms with E-state index in [0.717, 1.165) is 11.6 Å². The summed E-state index contributed by atoms with van der Waals surface area (Å²) >= 11 is 0. The fourth-order valence-corrected chi connectivity index (χ4v) is 3.23. The summed E-state index contributed by atoms with van der Waals surface area (Å²) in [4.78, 5) is 14.4. The van der Waals surface area contributed by atoms with Crippen LogP contribution in [0.4, 0.5) is 24.5 Å². The van der Waals surface area contributed by atoms with E-state index in [9.17, 15) is 18.0 Å². The van der Waals surface area contributed by atoms with Gasteiger partial charge in [-0.2, -0.15) is 13.2 Å². The highest BCUT2D eigenvalue weighted by Gasteiger charge is 2.34. The second kappa shape index (κ2) is 10.4. The summed E-state index contributed by atoms with van der Waals surface area (Å²) in [5.41, 5.74) is 0.00709. The van der Waals surface area contributed by atoms with Crippen LogP contribution < -0.4 is 24.4 Å². The van der Waals surface area contributed by atoms with Gasteiger partial charge < -0.3 is 24.4 Å². The van der Waals surface area contributed by atoms with E-state index in [4.69, 9.17) is 14.2 Å². The third kappa shape index (κ3) is 5.72. The van der Waals surface area contributed by atoms with Gasteiger partial charge in [0.25, 0.3) is 5.91 Å². The van der Waals surface area contributed by atoms with Crippen molar-refractivity contribution < 1.29 is 32.2 Å². The Hall–Kier alpha value is -3.88. The van der Waals surface area contributed by atoms with Gasteiger partial charge in [-0.3, -0.25) is 4.79 Å². The Morgan fingerprint density at radius 1 is 0.941 bits per heavy atom. The van der Waals surface area contributed by atoms with Crippen molar-refractivity contribution in [2.24, 2.45) is 0 Å². The van der Waals surface area contributed by atoms with Crippen LogP contribution in [0.3, 0.4) is 0 Å². The minimum Gasteiger partial charge on any atom is -0.493 e. The Bertz CT molecular complexity index is 1120. The summed E-state index contributed by atoms with van der Waals surface area (Å²) < 4.78 is 57.5. The average Bonchev–Trinajstić information content (AvgIpc) is 2.82. The van der Waals surface area contributed by atoms with E-state index in [1.807, 2.05) is 30.3 Å². The molecule has 0 spiro atoms. The molecule has 3 rings (SSSR count). The highest BCUT2D eigenvalue weighted by molar-refractivity contribution is 6.05. The first kappa shape index (κ1) is 24.8. The van der Waals surface area contributed by atoms with Crippen LogP contribution in [0.15, 0.2) is 60.7 Å². The molecular weight excluding hydrogens is 449 g/mol. The van der Waals surface area contributed by atoms with Crippen LogP contribution in [0.5, 0.6) is 17.2 Å². The van der Waals surface area contributed by atoms with Gasteiger partial charge in [0.2, 0.25) is 5.75 Å². The molecule has 0 fully saturated rings. The number of carbonyl (C=O) groups excluding carboxylic acids is 1. The number of alkyl halides is 3. The summed E-state index contributed by atoms with van der Waals surface area (Å²) in [6.45, 7) is 0.228. The minimum atomic E-state index is -4.65. The lowest BCUT2D eigenvalue weighted by Crippen LogP contribution is -2.18. The zero-order chi connectivity index (χ0) is 24.9. The molecule has 0 aromatic heterocycles. The van der Waals surface area contributed by atoms with Crippen molar-refractivity contribution in [2.75, 3.05) is 38.5 Å². The number of nitrogens with zero attached hydrogens (tertiary/aromatic N) is 1. The van der Waals surface area contributed by atoms with E-state index in [2.05, 4.69) is 5.32 Å². The molecule has 6 nitrogen and oxygen atoms in total. The number of hydrogen-bond acceptors (Lipinski definition) is 5. The van der Waals surface area contributed by atoms with Gasteiger partial charge in [-0.25, -0.2) is 0 Å². The lowest BCUT2D eigenvalue weighted by Gasteiger charge is -2.19. The molecule has 0 aliphatic rings. The number of anilines is 2. The standard InChI is InChI=1S/C25H25F3N2O4/c1-30(2)18-10-11-20(19(14-18)25(26,27)28)29-24(31)17-12-21(32-3)23(22(13-17)33-4)34-15-16-8-6-5-7-9-16/h5-14H,15H2,1-4H3,(H,29,31). The summed E-state index contributed by atoms with van der Waals surface area (Å²) in [7, 11) is 6.06. The summed E-state index contributed by atoms with van der Waals surface area (Å²) in [6.07, 6.45) is -4.65. The van der Waals surface area contributed by atoms with Gasteiger partial charge in [0.15, 0.2) is 11.5 Å². The predicted octanol–water partition coefficient (Wildman–Crippen LogP) is 5.62. The monoisotopic (exact) mass is 474 g/mol. The van der Waals surface area contributed by atoms with Gasteiger partial charge in [-0.15, -0.1) is 0 Å². The zero-order valence-corrected chi connectivity index (χ0v) is 19.2. The zero-order valence-electron chi connectivity index (χ0n) is 19.2. The summed E-state index contributed by atoms with van der Waals surface area (Å²) in [6, 6.07) is 15.9. The molecule has 0 heterocycles. The topological polar surface area (TPSA) is 60.0 Å². The fraction of sp³-hybridized carbons (Fsp3) is 0.240.